The van der Waals surface area contributed by atoms with Crippen molar-refractivity contribution in [2.45, 2.75) is 6.92 Å². The van der Waals surface area contributed by atoms with Crippen molar-refractivity contribution in [3.05, 3.63) is 28.3 Å². The van der Waals surface area contributed by atoms with Crippen LogP contribution in [0.1, 0.15) is 5.76 Å². The van der Waals surface area contributed by atoms with Crippen LogP contribution in [0.5, 0.6) is 0 Å². The molecule has 0 aliphatic carbocycles. The lowest BCUT2D eigenvalue weighted by Crippen LogP contribution is -1.84. The van der Waals surface area contributed by atoms with Gasteiger partial charge in [0.2, 0.25) is 0 Å². The lowest BCUT2D eigenvalue weighted by atomic mass is 10.6. The number of aromatic nitrogens is 2. The van der Waals surface area contributed by atoms with Crippen LogP contribution in [0.25, 0.3) is 5.71 Å². The monoisotopic (exact) mass is 167 g/mol. The zero-order valence-corrected chi connectivity index (χ0v) is 6.22. The maximum Gasteiger partial charge on any atom is 0.351 e. The van der Waals surface area contributed by atoms with Gasteiger partial charge >= 0.3 is 11.4 Å². The number of nitro groups is 1. The Kier molecular flexibility index (Phi) is 1.18. The van der Waals surface area contributed by atoms with E-state index in [-0.39, 0.29) is 11.4 Å². The molecule has 62 valence electrons. The van der Waals surface area contributed by atoms with E-state index >= 15 is 0 Å². The molecule has 0 amide bonds. The average Bonchev–Trinajstić information content (AvgIpc) is 2.43. The van der Waals surface area contributed by atoms with E-state index in [1.54, 1.807) is 13.1 Å². The summed E-state index contributed by atoms with van der Waals surface area (Å²) in [7, 11) is 0. The molecule has 0 bridgehead atoms. The van der Waals surface area contributed by atoms with Gasteiger partial charge in [-0.1, -0.05) is 0 Å². The van der Waals surface area contributed by atoms with Gasteiger partial charge in [-0.3, -0.25) is 10.1 Å². The van der Waals surface area contributed by atoms with Crippen molar-refractivity contribution in [1.82, 2.24) is 9.61 Å². The molecule has 2 heterocycles. The van der Waals surface area contributed by atoms with Crippen molar-refractivity contribution in [3.8, 4) is 0 Å². The Morgan fingerprint density at radius 3 is 3.17 bits per heavy atom. The maximum absolute atomic E-state index is 10.4. The Morgan fingerprint density at radius 2 is 2.50 bits per heavy atom. The summed E-state index contributed by atoms with van der Waals surface area (Å²) in [6.45, 7) is 1.71. The molecule has 0 aliphatic rings. The summed E-state index contributed by atoms with van der Waals surface area (Å²) in [6, 6.07) is 0. The molecule has 6 nitrogen and oxygen atoms in total. The minimum absolute atomic E-state index is 0.108. The summed E-state index contributed by atoms with van der Waals surface area (Å²) in [5, 5.41) is 14.1. The minimum atomic E-state index is -0.523. The van der Waals surface area contributed by atoms with Crippen LogP contribution in [-0.4, -0.2) is 14.5 Å². The third kappa shape index (κ3) is 0.777. The first-order valence-corrected chi connectivity index (χ1v) is 3.26. The van der Waals surface area contributed by atoms with Crippen LogP contribution in [0.2, 0.25) is 0 Å². The first kappa shape index (κ1) is 6.84. The van der Waals surface area contributed by atoms with Crippen molar-refractivity contribution < 1.29 is 9.34 Å². The van der Waals surface area contributed by atoms with Gasteiger partial charge in [-0.15, -0.1) is 0 Å². The van der Waals surface area contributed by atoms with E-state index in [9.17, 15) is 10.1 Å². The molecule has 2 rings (SSSR count). The molecule has 6 heteroatoms. The van der Waals surface area contributed by atoms with Crippen LogP contribution in [0.15, 0.2) is 16.8 Å². The van der Waals surface area contributed by atoms with E-state index < -0.39 is 4.92 Å². The number of aryl methyl sites for hydroxylation is 1. The molecule has 2 aromatic heterocycles. The summed E-state index contributed by atoms with van der Waals surface area (Å²) < 4.78 is 6.40. The fraction of sp³-hybridized carbons (Fsp3) is 0.167. The van der Waals surface area contributed by atoms with E-state index in [2.05, 4.69) is 5.10 Å². The maximum atomic E-state index is 10.4. The van der Waals surface area contributed by atoms with E-state index in [1.807, 2.05) is 0 Å². The van der Waals surface area contributed by atoms with Crippen molar-refractivity contribution >= 4 is 11.4 Å². The third-order valence-corrected chi connectivity index (χ3v) is 1.49. The molecule has 0 radical (unpaired) electrons. The van der Waals surface area contributed by atoms with E-state index in [0.717, 1.165) is 6.20 Å². The highest BCUT2D eigenvalue weighted by molar-refractivity contribution is 5.55. The second kappa shape index (κ2) is 2.07. The van der Waals surface area contributed by atoms with Crippen LogP contribution >= 0.6 is 0 Å². The molecule has 0 unspecified atom stereocenters. The van der Waals surface area contributed by atoms with Crippen molar-refractivity contribution in [1.29, 1.82) is 0 Å². The van der Waals surface area contributed by atoms with Crippen LogP contribution in [0.4, 0.5) is 5.69 Å². The molecular weight excluding hydrogens is 162 g/mol. The molecular formula is C6H5N3O3. The van der Waals surface area contributed by atoms with Crippen molar-refractivity contribution in [2.75, 3.05) is 0 Å². The minimum Gasteiger partial charge on any atom is -0.437 e. The highest BCUT2D eigenvalue weighted by Crippen LogP contribution is 2.20. The highest BCUT2D eigenvalue weighted by atomic mass is 16.6. The standard InChI is InChI=1S/C6H5N3O3/c1-4-3-8-6(12-4)5(2-7-8)9(10)11/h2-3H,1H3. The summed E-state index contributed by atoms with van der Waals surface area (Å²) >= 11 is 0. The number of hydrogen-bond donors (Lipinski definition) is 0. The Balaban J connectivity index is 2.76. The first-order chi connectivity index (χ1) is 5.68. The predicted molar refractivity (Wildman–Crippen MR) is 38.8 cm³/mol. The van der Waals surface area contributed by atoms with Gasteiger partial charge in [0.05, 0.1) is 11.1 Å². The summed E-state index contributed by atoms with van der Waals surface area (Å²) in [6.07, 6.45) is 2.75. The number of oxazole rings is 1. The largest absolute Gasteiger partial charge is 0.437 e. The Morgan fingerprint density at radius 1 is 1.75 bits per heavy atom. The number of fused-ring (bicyclic) bond motifs is 1. The zero-order chi connectivity index (χ0) is 8.72. The number of rotatable bonds is 1. The molecule has 12 heavy (non-hydrogen) atoms. The van der Waals surface area contributed by atoms with Crippen LogP contribution in [-0.2, 0) is 0 Å². The van der Waals surface area contributed by atoms with Crippen LogP contribution < -0.4 is 0 Å². The third-order valence-electron chi connectivity index (χ3n) is 1.49. The summed E-state index contributed by atoms with van der Waals surface area (Å²) in [4.78, 5) is 9.85. The lowest BCUT2D eigenvalue weighted by Gasteiger charge is -1.81. The molecule has 0 aromatic carbocycles. The fourth-order valence-electron chi connectivity index (χ4n) is 1.01. The number of hydrogen-bond acceptors (Lipinski definition) is 4. The lowest BCUT2D eigenvalue weighted by molar-refractivity contribution is -0.383. The molecule has 0 N–H and O–H groups in total. The van der Waals surface area contributed by atoms with Gasteiger partial charge in [0, 0.05) is 0 Å². The second-order valence-corrected chi connectivity index (χ2v) is 2.38. The summed E-state index contributed by atoms with van der Waals surface area (Å²) in [5.41, 5.74) is 0.0700. The van der Waals surface area contributed by atoms with E-state index in [4.69, 9.17) is 4.42 Å². The zero-order valence-electron chi connectivity index (χ0n) is 6.22. The molecule has 0 saturated carbocycles. The van der Waals surface area contributed by atoms with Crippen molar-refractivity contribution in [2.24, 2.45) is 0 Å². The normalized spacial score (nSPS) is 10.8. The molecule has 0 aliphatic heterocycles. The van der Waals surface area contributed by atoms with Gasteiger partial charge in [-0.2, -0.15) is 9.61 Å². The Labute approximate surface area is 66.5 Å². The quantitative estimate of drug-likeness (QED) is 0.471. The fourth-order valence-corrected chi connectivity index (χ4v) is 1.01. The van der Waals surface area contributed by atoms with Crippen LogP contribution in [0.3, 0.4) is 0 Å². The first-order valence-electron chi connectivity index (χ1n) is 3.26. The highest BCUT2D eigenvalue weighted by Gasteiger charge is 2.18. The van der Waals surface area contributed by atoms with Gasteiger partial charge in [0.1, 0.15) is 12.0 Å². The Hall–Kier alpha value is -1.85. The molecule has 0 saturated heterocycles. The summed E-state index contributed by atoms with van der Waals surface area (Å²) in [5.74, 6) is 0.598. The topological polar surface area (TPSA) is 73.6 Å². The van der Waals surface area contributed by atoms with Crippen molar-refractivity contribution in [3.63, 3.8) is 0 Å². The SMILES string of the molecule is Cc1cn2ncc([N+](=O)[O-])c2o1. The van der Waals surface area contributed by atoms with Crippen LogP contribution in [0, 0.1) is 17.0 Å². The van der Waals surface area contributed by atoms with Gasteiger partial charge in [0.15, 0.2) is 0 Å². The smallest absolute Gasteiger partial charge is 0.351 e. The molecule has 2 aromatic rings. The number of nitrogens with zero attached hydrogens (tertiary/aromatic N) is 3. The molecule has 0 atom stereocenters. The van der Waals surface area contributed by atoms with Gasteiger partial charge in [0.25, 0.3) is 0 Å². The Bertz CT molecular complexity index is 442. The average molecular weight is 167 g/mol. The van der Waals surface area contributed by atoms with Gasteiger partial charge < -0.3 is 4.42 Å². The molecule has 0 spiro atoms. The van der Waals surface area contributed by atoms with E-state index in [0.29, 0.717) is 5.76 Å². The van der Waals surface area contributed by atoms with E-state index in [1.165, 1.54) is 4.52 Å². The predicted octanol–water partition coefficient (Wildman–Crippen LogP) is 1.14. The van der Waals surface area contributed by atoms with Gasteiger partial charge in [-0.25, -0.2) is 0 Å². The molecule has 0 fully saturated rings. The second-order valence-electron chi connectivity index (χ2n) is 2.38. The van der Waals surface area contributed by atoms with Gasteiger partial charge in [-0.05, 0) is 6.92 Å².